The minimum atomic E-state index is -0.340. The number of amides is 2. The summed E-state index contributed by atoms with van der Waals surface area (Å²) in [4.78, 5) is 24.5. The van der Waals surface area contributed by atoms with Crippen molar-refractivity contribution in [2.75, 3.05) is 45.8 Å². The molecule has 0 unspecified atom stereocenters. The van der Waals surface area contributed by atoms with Gasteiger partial charge < -0.3 is 30.2 Å². The van der Waals surface area contributed by atoms with Crippen LogP contribution in [0.1, 0.15) is 10.4 Å². The second-order valence-electron chi connectivity index (χ2n) is 6.64. The molecule has 1 aliphatic heterocycles. The molecule has 0 radical (unpaired) electrons. The van der Waals surface area contributed by atoms with Crippen LogP contribution in [0.15, 0.2) is 42.5 Å². The fraction of sp³-hybridized carbons (Fsp3) is 0.333. The molecular formula is C21H25N3O5. The van der Waals surface area contributed by atoms with E-state index >= 15 is 0 Å². The molecule has 0 saturated carbocycles. The van der Waals surface area contributed by atoms with Gasteiger partial charge in [-0.3, -0.25) is 9.59 Å². The van der Waals surface area contributed by atoms with E-state index in [1.807, 2.05) is 6.07 Å². The SMILES string of the molecule is COc1ccccc1NC(=O)COc1ccc(C(=O)NCC2CNC2)cc1OC. The minimum absolute atomic E-state index is 0.171. The first kappa shape index (κ1) is 20.5. The molecule has 0 aliphatic carbocycles. The van der Waals surface area contributed by atoms with Crippen molar-refractivity contribution in [3.8, 4) is 17.2 Å². The lowest BCUT2D eigenvalue weighted by Gasteiger charge is -2.27. The number of para-hydroxylation sites is 2. The summed E-state index contributed by atoms with van der Waals surface area (Å²) < 4.78 is 16.1. The Hall–Kier alpha value is -3.26. The molecule has 2 aromatic carbocycles. The molecule has 8 heteroatoms. The zero-order valence-electron chi connectivity index (χ0n) is 16.5. The first-order valence-corrected chi connectivity index (χ1v) is 9.33. The molecule has 1 aliphatic rings. The van der Waals surface area contributed by atoms with Gasteiger partial charge in [0.25, 0.3) is 11.8 Å². The lowest BCUT2D eigenvalue weighted by Crippen LogP contribution is -2.48. The maximum atomic E-state index is 12.3. The van der Waals surface area contributed by atoms with Crippen molar-refractivity contribution < 1.29 is 23.8 Å². The Kier molecular flexibility index (Phi) is 6.91. The number of ether oxygens (including phenoxy) is 3. The van der Waals surface area contributed by atoms with Crippen LogP contribution in [0.4, 0.5) is 5.69 Å². The van der Waals surface area contributed by atoms with E-state index in [-0.39, 0.29) is 18.4 Å². The van der Waals surface area contributed by atoms with Crippen molar-refractivity contribution in [1.29, 1.82) is 0 Å². The van der Waals surface area contributed by atoms with Gasteiger partial charge in [-0.15, -0.1) is 0 Å². The van der Waals surface area contributed by atoms with E-state index in [0.717, 1.165) is 13.1 Å². The summed E-state index contributed by atoms with van der Waals surface area (Å²) >= 11 is 0. The van der Waals surface area contributed by atoms with E-state index in [2.05, 4.69) is 16.0 Å². The Balaban J connectivity index is 1.57. The first-order valence-electron chi connectivity index (χ1n) is 9.33. The van der Waals surface area contributed by atoms with Crippen molar-refractivity contribution in [2.45, 2.75) is 0 Å². The maximum absolute atomic E-state index is 12.3. The van der Waals surface area contributed by atoms with E-state index in [0.29, 0.717) is 41.0 Å². The van der Waals surface area contributed by atoms with Gasteiger partial charge in [0.05, 0.1) is 19.9 Å². The van der Waals surface area contributed by atoms with Gasteiger partial charge in [0.2, 0.25) is 0 Å². The largest absolute Gasteiger partial charge is 0.495 e. The summed E-state index contributed by atoms with van der Waals surface area (Å²) in [5.41, 5.74) is 1.03. The molecule has 3 N–H and O–H groups in total. The molecule has 8 nitrogen and oxygen atoms in total. The third-order valence-corrected chi connectivity index (χ3v) is 4.58. The number of rotatable bonds is 9. The Morgan fingerprint density at radius 1 is 1.03 bits per heavy atom. The van der Waals surface area contributed by atoms with Gasteiger partial charge in [0.1, 0.15) is 5.75 Å². The van der Waals surface area contributed by atoms with Crippen LogP contribution in [-0.2, 0) is 4.79 Å². The van der Waals surface area contributed by atoms with Crippen LogP contribution in [0.25, 0.3) is 0 Å². The van der Waals surface area contributed by atoms with E-state index in [1.165, 1.54) is 14.2 Å². The molecular weight excluding hydrogens is 374 g/mol. The van der Waals surface area contributed by atoms with Crippen LogP contribution < -0.4 is 30.2 Å². The third kappa shape index (κ3) is 5.39. The Bertz CT molecular complexity index is 867. The van der Waals surface area contributed by atoms with Crippen molar-refractivity contribution in [3.63, 3.8) is 0 Å². The summed E-state index contributed by atoms with van der Waals surface area (Å²) in [5.74, 6) is 1.29. The summed E-state index contributed by atoms with van der Waals surface area (Å²) in [5, 5.41) is 8.81. The number of anilines is 1. The minimum Gasteiger partial charge on any atom is -0.495 e. The second kappa shape index (κ2) is 9.79. The zero-order chi connectivity index (χ0) is 20.6. The fourth-order valence-electron chi connectivity index (χ4n) is 2.84. The molecule has 0 aromatic heterocycles. The molecule has 0 bridgehead atoms. The number of nitrogens with one attached hydrogen (secondary N) is 3. The number of carbonyl (C=O) groups is 2. The summed E-state index contributed by atoms with van der Waals surface area (Å²) in [6.07, 6.45) is 0. The average molecular weight is 399 g/mol. The topological polar surface area (TPSA) is 97.9 Å². The number of carbonyl (C=O) groups excluding carboxylic acids is 2. The number of methoxy groups -OCH3 is 2. The normalized spacial score (nSPS) is 13.2. The van der Waals surface area contributed by atoms with Crippen molar-refractivity contribution in [3.05, 3.63) is 48.0 Å². The standard InChI is InChI=1S/C21H25N3O5/c1-27-17-6-4-3-5-16(17)24-20(25)13-29-18-8-7-15(9-19(18)28-2)21(26)23-12-14-10-22-11-14/h3-9,14,22H,10-13H2,1-2H3,(H,23,26)(H,24,25). The quantitative estimate of drug-likeness (QED) is 0.593. The molecule has 0 spiro atoms. The maximum Gasteiger partial charge on any atom is 0.262 e. The highest BCUT2D eigenvalue weighted by atomic mass is 16.5. The highest BCUT2D eigenvalue weighted by molar-refractivity contribution is 5.95. The van der Waals surface area contributed by atoms with Gasteiger partial charge in [-0.25, -0.2) is 0 Å². The Labute approximate surface area is 169 Å². The molecule has 1 saturated heterocycles. The molecule has 1 heterocycles. The van der Waals surface area contributed by atoms with Gasteiger partial charge in [-0.05, 0) is 30.3 Å². The lowest BCUT2D eigenvalue weighted by molar-refractivity contribution is -0.118. The molecule has 2 amide bonds. The van der Waals surface area contributed by atoms with Gasteiger partial charge in [0.15, 0.2) is 18.1 Å². The van der Waals surface area contributed by atoms with Crippen LogP contribution in [0, 0.1) is 5.92 Å². The third-order valence-electron chi connectivity index (χ3n) is 4.58. The van der Waals surface area contributed by atoms with Crippen LogP contribution >= 0.6 is 0 Å². The van der Waals surface area contributed by atoms with Crippen LogP contribution in [0.3, 0.4) is 0 Å². The highest BCUT2D eigenvalue weighted by Crippen LogP contribution is 2.28. The molecule has 2 aromatic rings. The van der Waals surface area contributed by atoms with Gasteiger partial charge in [-0.1, -0.05) is 12.1 Å². The Morgan fingerprint density at radius 2 is 1.79 bits per heavy atom. The first-order chi connectivity index (χ1) is 14.1. The highest BCUT2D eigenvalue weighted by Gasteiger charge is 2.18. The van der Waals surface area contributed by atoms with E-state index in [9.17, 15) is 9.59 Å². The van der Waals surface area contributed by atoms with E-state index in [4.69, 9.17) is 14.2 Å². The molecule has 0 atom stereocenters. The van der Waals surface area contributed by atoms with Crippen molar-refractivity contribution in [1.82, 2.24) is 10.6 Å². The second-order valence-corrected chi connectivity index (χ2v) is 6.64. The van der Waals surface area contributed by atoms with E-state index < -0.39 is 0 Å². The van der Waals surface area contributed by atoms with Crippen LogP contribution in [0.5, 0.6) is 17.2 Å². The van der Waals surface area contributed by atoms with Gasteiger partial charge in [-0.2, -0.15) is 0 Å². The van der Waals surface area contributed by atoms with Gasteiger partial charge in [0, 0.05) is 31.1 Å². The van der Waals surface area contributed by atoms with E-state index in [1.54, 1.807) is 36.4 Å². The molecule has 1 fully saturated rings. The van der Waals surface area contributed by atoms with Crippen LogP contribution in [-0.4, -0.2) is 52.3 Å². The lowest BCUT2D eigenvalue weighted by atomic mass is 10.0. The van der Waals surface area contributed by atoms with Crippen LogP contribution in [0.2, 0.25) is 0 Å². The monoisotopic (exact) mass is 399 g/mol. The zero-order valence-corrected chi connectivity index (χ0v) is 16.5. The fourth-order valence-corrected chi connectivity index (χ4v) is 2.84. The molecule has 29 heavy (non-hydrogen) atoms. The number of benzene rings is 2. The summed E-state index contributed by atoms with van der Waals surface area (Å²) in [7, 11) is 3.02. The van der Waals surface area contributed by atoms with Gasteiger partial charge >= 0.3 is 0 Å². The predicted molar refractivity (Wildman–Crippen MR) is 109 cm³/mol. The number of hydrogen-bond donors (Lipinski definition) is 3. The molecule has 154 valence electrons. The summed E-state index contributed by atoms with van der Waals surface area (Å²) in [6.45, 7) is 2.27. The van der Waals surface area contributed by atoms with Crippen molar-refractivity contribution in [2.24, 2.45) is 5.92 Å². The Morgan fingerprint density at radius 3 is 2.48 bits per heavy atom. The smallest absolute Gasteiger partial charge is 0.262 e. The molecule has 3 rings (SSSR count). The predicted octanol–water partition coefficient (Wildman–Crippen LogP) is 1.67. The van der Waals surface area contributed by atoms with Crippen molar-refractivity contribution >= 4 is 17.5 Å². The summed E-state index contributed by atoms with van der Waals surface area (Å²) in [6, 6.07) is 12.0. The number of hydrogen-bond acceptors (Lipinski definition) is 6. The average Bonchev–Trinajstić information content (AvgIpc) is 2.71.